The van der Waals surface area contributed by atoms with Crippen LogP contribution in [-0.2, 0) is 11.2 Å². The molecule has 1 aliphatic heterocycles. The molecule has 0 saturated heterocycles. The molecular formula is C18H20O4. The molecule has 4 nitrogen and oxygen atoms in total. The van der Waals surface area contributed by atoms with Crippen LogP contribution in [0, 0.1) is 0 Å². The van der Waals surface area contributed by atoms with E-state index in [1.54, 1.807) is 30.3 Å². The summed E-state index contributed by atoms with van der Waals surface area (Å²) in [6.45, 7) is 2.73. The minimum absolute atomic E-state index is 0.112. The Morgan fingerprint density at radius 3 is 2.73 bits per heavy atom. The van der Waals surface area contributed by atoms with Gasteiger partial charge in [0.2, 0.25) is 0 Å². The Morgan fingerprint density at radius 1 is 1.14 bits per heavy atom. The average Bonchev–Trinajstić information content (AvgIpc) is 2.52. The van der Waals surface area contributed by atoms with Crippen molar-refractivity contribution in [2.75, 3.05) is 6.61 Å². The molecule has 0 aromatic heterocycles. The zero-order valence-electron chi connectivity index (χ0n) is 12.5. The molecule has 2 N–H and O–H groups in total. The first kappa shape index (κ1) is 14.7. The molecule has 2 unspecified atom stereocenters. The van der Waals surface area contributed by atoms with E-state index < -0.39 is 0 Å². The van der Waals surface area contributed by atoms with Crippen LogP contribution in [0.5, 0.6) is 17.2 Å². The lowest BCUT2D eigenvalue weighted by atomic mass is 9.94. The number of fused-ring (bicyclic) bond motifs is 1. The zero-order chi connectivity index (χ0) is 15.5. The van der Waals surface area contributed by atoms with Crippen LogP contribution < -0.4 is 4.74 Å². The van der Waals surface area contributed by atoms with Crippen LogP contribution in [0.2, 0.25) is 0 Å². The van der Waals surface area contributed by atoms with Crippen molar-refractivity contribution in [3.05, 3.63) is 53.6 Å². The molecule has 3 rings (SSSR count). The van der Waals surface area contributed by atoms with Crippen LogP contribution in [0.25, 0.3) is 0 Å². The molecule has 0 saturated carbocycles. The second kappa shape index (κ2) is 6.28. The number of phenols is 2. The fourth-order valence-corrected chi connectivity index (χ4v) is 2.76. The zero-order valence-corrected chi connectivity index (χ0v) is 12.5. The maximum atomic E-state index is 9.71. The van der Waals surface area contributed by atoms with Crippen molar-refractivity contribution in [1.29, 1.82) is 0 Å². The summed E-state index contributed by atoms with van der Waals surface area (Å²) >= 11 is 0. The summed E-state index contributed by atoms with van der Waals surface area (Å²) in [5, 5.41) is 19.4. The van der Waals surface area contributed by atoms with E-state index in [1.165, 1.54) is 0 Å². The van der Waals surface area contributed by atoms with Crippen molar-refractivity contribution >= 4 is 0 Å². The maximum absolute atomic E-state index is 9.71. The van der Waals surface area contributed by atoms with Crippen LogP contribution in [0.15, 0.2) is 42.5 Å². The summed E-state index contributed by atoms with van der Waals surface area (Å²) in [5.41, 5.74) is 1.89. The van der Waals surface area contributed by atoms with E-state index in [1.807, 2.05) is 12.1 Å². The van der Waals surface area contributed by atoms with Crippen molar-refractivity contribution in [3.63, 3.8) is 0 Å². The molecule has 1 aliphatic rings. The van der Waals surface area contributed by atoms with E-state index in [-0.39, 0.29) is 23.7 Å². The van der Waals surface area contributed by atoms with Gasteiger partial charge in [-0.2, -0.15) is 0 Å². The summed E-state index contributed by atoms with van der Waals surface area (Å²) < 4.78 is 12.0. The Kier molecular flexibility index (Phi) is 4.20. The lowest BCUT2D eigenvalue weighted by Gasteiger charge is -2.34. The molecule has 2 aromatic rings. The molecule has 2 atom stereocenters. The number of benzene rings is 2. The lowest BCUT2D eigenvalue weighted by Crippen LogP contribution is -2.33. The Bertz CT molecular complexity index is 653. The minimum Gasteiger partial charge on any atom is -0.508 e. The van der Waals surface area contributed by atoms with Gasteiger partial charge < -0.3 is 19.7 Å². The third kappa shape index (κ3) is 3.02. The fourth-order valence-electron chi connectivity index (χ4n) is 2.76. The molecule has 1 heterocycles. The molecule has 22 heavy (non-hydrogen) atoms. The standard InChI is InChI=1S/C18H20O4/c1-2-8-21-17-10-12-6-7-15(20)11-16(12)22-18(17)13-4-3-5-14(19)9-13/h3-7,9,11,17-20H,2,8,10H2,1H3. The van der Waals surface area contributed by atoms with E-state index in [4.69, 9.17) is 9.47 Å². The molecule has 0 radical (unpaired) electrons. The Balaban J connectivity index is 1.94. The Hall–Kier alpha value is -2.20. The molecule has 0 amide bonds. The van der Waals surface area contributed by atoms with Crippen molar-refractivity contribution in [1.82, 2.24) is 0 Å². The van der Waals surface area contributed by atoms with Gasteiger partial charge in [-0.3, -0.25) is 0 Å². The first-order chi connectivity index (χ1) is 10.7. The van der Waals surface area contributed by atoms with Gasteiger partial charge in [0.1, 0.15) is 23.4 Å². The highest BCUT2D eigenvalue weighted by Crippen LogP contribution is 2.38. The first-order valence-corrected chi connectivity index (χ1v) is 7.56. The van der Waals surface area contributed by atoms with Gasteiger partial charge in [-0.25, -0.2) is 0 Å². The summed E-state index contributed by atoms with van der Waals surface area (Å²) in [5.74, 6) is 1.06. The molecule has 0 bridgehead atoms. The van der Waals surface area contributed by atoms with Crippen molar-refractivity contribution in [3.8, 4) is 17.2 Å². The highest BCUT2D eigenvalue weighted by molar-refractivity contribution is 5.43. The monoisotopic (exact) mass is 300 g/mol. The van der Waals surface area contributed by atoms with E-state index in [0.29, 0.717) is 12.4 Å². The minimum atomic E-state index is -0.298. The normalized spacial score (nSPS) is 20.2. The number of rotatable bonds is 4. The highest BCUT2D eigenvalue weighted by Gasteiger charge is 2.32. The van der Waals surface area contributed by atoms with Crippen LogP contribution in [-0.4, -0.2) is 22.9 Å². The number of ether oxygens (including phenoxy) is 2. The number of phenolic OH excluding ortho intramolecular Hbond substituents is 2. The van der Waals surface area contributed by atoms with E-state index >= 15 is 0 Å². The second-order valence-corrected chi connectivity index (χ2v) is 5.54. The second-order valence-electron chi connectivity index (χ2n) is 5.54. The molecule has 2 aromatic carbocycles. The molecule has 116 valence electrons. The lowest BCUT2D eigenvalue weighted by molar-refractivity contribution is -0.0374. The van der Waals surface area contributed by atoms with Gasteiger partial charge in [0.05, 0.1) is 0 Å². The predicted octanol–water partition coefficient (Wildman–Crippen LogP) is 3.57. The SMILES string of the molecule is CCCOC1Cc2ccc(O)cc2OC1c1cccc(O)c1. The Morgan fingerprint density at radius 2 is 1.95 bits per heavy atom. The van der Waals surface area contributed by atoms with Gasteiger partial charge in [0.15, 0.2) is 6.10 Å². The average molecular weight is 300 g/mol. The third-order valence-electron chi connectivity index (χ3n) is 3.80. The van der Waals surface area contributed by atoms with Gasteiger partial charge in [-0.15, -0.1) is 0 Å². The largest absolute Gasteiger partial charge is 0.508 e. The Labute approximate surface area is 129 Å². The third-order valence-corrected chi connectivity index (χ3v) is 3.80. The van der Waals surface area contributed by atoms with Crippen LogP contribution in [0.1, 0.15) is 30.6 Å². The van der Waals surface area contributed by atoms with Crippen LogP contribution >= 0.6 is 0 Å². The molecule has 0 spiro atoms. The van der Waals surface area contributed by atoms with E-state index in [2.05, 4.69) is 6.92 Å². The van der Waals surface area contributed by atoms with E-state index in [0.717, 1.165) is 24.0 Å². The van der Waals surface area contributed by atoms with Gasteiger partial charge in [-0.05, 0) is 35.7 Å². The number of aromatic hydroxyl groups is 2. The maximum Gasteiger partial charge on any atom is 0.150 e. The first-order valence-electron chi connectivity index (χ1n) is 7.56. The van der Waals surface area contributed by atoms with E-state index in [9.17, 15) is 10.2 Å². The summed E-state index contributed by atoms with van der Waals surface area (Å²) in [7, 11) is 0. The predicted molar refractivity (Wildman–Crippen MR) is 83.3 cm³/mol. The molecular weight excluding hydrogens is 280 g/mol. The van der Waals surface area contributed by atoms with Crippen molar-refractivity contribution in [2.45, 2.75) is 32.0 Å². The van der Waals surface area contributed by atoms with Gasteiger partial charge in [0.25, 0.3) is 0 Å². The van der Waals surface area contributed by atoms with Gasteiger partial charge in [0, 0.05) is 19.1 Å². The topological polar surface area (TPSA) is 58.9 Å². The fraction of sp³-hybridized carbons (Fsp3) is 0.333. The molecule has 4 heteroatoms. The van der Waals surface area contributed by atoms with Crippen molar-refractivity contribution < 1.29 is 19.7 Å². The quantitative estimate of drug-likeness (QED) is 0.906. The molecule has 0 aliphatic carbocycles. The number of hydrogen-bond donors (Lipinski definition) is 2. The summed E-state index contributed by atoms with van der Waals surface area (Å²) in [6, 6.07) is 12.2. The van der Waals surface area contributed by atoms with Gasteiger partial charge >= 0.3 is 0 Å². The highest BCUT2D eigenvalue weighted by atomic mass is 16.5. The van der Waals surface area contributed by atoms with Crippen LogP contribution in [0.3, 0.4) is 0 Å². The van der Waals surface area contributed by atoms with Crippen LogP contribution in [0.4, 0.5) is 0 Å². The van der Waals surface area contributed by atoms with Crippen molar-refractivity contribution in [2.24, 2.45) is 0 Å². The smallest absolute Gasteiger partial charge is 0.150 e. The number of hydrogen-bond acceptors (Lipinski definition) is 4. The summed E-state index contributed by atoms with van der Waals surface area (Å²) in [6.07, 6.45) is 1.24. The van der Waals surface area contributed by atoms with Gasteiger partial charge in [-0.1, -0.05) is 25.1 Å². The molecule has 0 fully saturated rings. The summed E-state index contributed by atoms with van der Waals surface area (Å²) in [4.78, 5) is 0.